The van der Waals surface area contributed by atoms with Crippen molar-refractivity contribution in [3.63, 3.8) is 0 Å². The predicted molar refractivity (Wildman–Crippen MR) is 111 cm³/mol. The summed E-state index contributed by atoms with van der Waals surface area (Å²) in [6.07, 6.45) is 1.53. The van der Waals surface area contributed by atoms with E-state index in [1.54, 1.807) is 24.0 Å². The Bertz CT molecular complexity index is 837. The number of hydrogen-bond donors (Lipinski definition) is 1. The lowest BCUT2D eigenvalue weighted by molar-refractivity contribution is -0.142. The molecule has 0 aliphatic carbocycles. The van der Waals surface area contributed by atoms with Crippen LogP contribution in [0.3, 0.4) is 0 Å². The molecule has 9 heteroatoms. The van der Waals surface area contributed by atoms with Gasteiger partial charge in [0.2, 0.25) is 11.7 Å². The van der Waals surface area contributed by atoms with E-state index >= 15 is 0 Å². The summed E-state index contributed by atoms with van der Waals surface area (Å²) in [5.74, 6) is -0.505. The number of nitrogens with one attached hydrogen (secondary N) is 1. The number of rotatable bonds is 3. The van der Waals surface area contributed by atoms with Crippen molar-refractivity contribution in [2.45, 2.75) is 25.8 Å². The number of likely N-dealkylation sites (tertiary alicyclic amines) is 1. The number of anilines is 1. The summed E-state index contributed by atoms with van der Waals surface area (Å²) in [6, 6.07) is 8.44. The maximum absolute atomic E-state index is 13.2. The molecule has 0 bridgehead atoms. The van der Waals surface area contributed by atoms with Crippen molar-refractivity contribution < 1.29 is 19.1 Å². The van der Waals surface area contributed by atoms with E-state index in [-0.39, 0.29) is 29.5 Å². The number of amides is 3. The van der Waals surface area contributed by atoms with E-state index in [0.717, 1.165) is 12.8 Å². The van der Waals surface area contributed by atoms with Crippen molar-refractivity contribution in [1.82, 2.24) is 15.2 Å². The summed E-state index contributed by atoms with van der Waals surface area (Å²) in [4.78, 5) is 46.4. The topological polar surface area (TPSA) is 94.6 Å². The molecular formula is C21H27N5O4. The SMILES string of the molecule is CC1N=C(C(=O)N2CCCC(C(=O)N3CCOCC3)C2)NN(c2ccccc2)C1=O. The molecule has 160 valence electrons. The van der Waals surface area contributed by atoms with Crippen molar-refractivity contribution in [3.8, 4) is 0 Å². The summed E-state index contributed by atoms with van der Waals surface area (Å²) >= 11 is 0. The first-order valence-corrected chi connectivity index (χ1v) is 10.4. The number of amidine groups is 1. The fourth-order valence-electron chi connectivity index (χ4n) is 4.05. The van der Waals surface area contributed by atoms with Gasteiger partial charge in [0.05, 0.1) is 24.8 Å². The Morgan fingerprint density at radius 1 is 1.10 bits per heavy atom. The first kappa shape index (κ1) is 20.3. The highest BCUT2D eigenvalue weighted by Crippen LogP contribution is 2.21. The second kappa shape index (κ2) is 8.83. The standard InChI is InChI=1S/C21H27N5O4/c1-15-19(27)26(17-7-3-2-4-8-17)23-18(22-15)21(29)25-9-5-6-16(14-25)20(28)24-10-12-30-13-11-24/h2-4,7-8,15-16H,5-6,9-14H2,1H3,(H,22,23). The quantitative estimate of drug-likeness (QED) is 0.775. The third-order valence-corrected chi connectivity index (χ3v) is 5.72. The molecule has 0 saturated carbocycles. The van der Waals surface area contributed by atoms with Gasteiger partial charge in [-0.3, -0.25) is 19.8 Å². The molecule has 9 nitrogen and oxygen atoms in total. The van der Waals surface area contributed by atoms with Gasteiger partial charge < -0.3 is 14.5 Å². The van der Waals surface area contributed by atoms with Crippen molar-refractivity contribution in [2.24, 2.45) is 10.9 Å². The summed E-state index contributed by atoms with van der Waals surface area (Å²) in [5, 5.41) is 1.37. The number of hydrogen-bond acceptors (Lipinski definition) is 6. The Balaban J connectivity index is 1.45. The van der Waals surface area contributed by atoms with Gasteiger partial charge in [0.25, 0.3) is 11.8 Å². The molecule has 2 fully saturated rings. The highest BCUT2D eigenvalue weighted by atomic mass is 16.5. The Kier molecular flexibility index (Phi) is 5.98. The first-order chi connectivity index (χ1) is 14.5. The maximum atomic E-state index is 13.2. The number of benzene rings is 1. The zero-order valence-corrected chi connectivity index (χ0v) is 17.1. The van der Waals surface area contributed by atoms with E-state index in [4.69, 9.17) is 4.74 Å². The van der Waals surface area contributed by atoms with Crippen LogP contribution in [0.1, 0.15) is 19.8 Å². The van der Waals surface area contributed by atoms with Crippen molar-refractivity contribution in [2.75, 3.05) is 44.4 Å². The zero-order valence-electron chi connectivity index (χ0n) is 17.1. The minimum absolute atomic E-state index is 0.0869. The van der Waals surface area contributed by atoms with Crippen LogP contribution < -0.4 is 10.4 Å². The number of carbonyl (C=O) groups excluding carboxylic acids is 3. The lowest BCUT2D eigenvalue weighted by Crippen LogP contribution is -2.59. The van der Waals surface area contributed by atoms with Crippen LogP contribution in [-0.2, 0) is 19.1 Å². The van der Waals surface area contributed by atoms with Gasteiger partial charge in [0.15, 0.2) is 0 Å². The Hall–Kier alpha value is -2.94. The number of para-hydroxylation sites is 1. The number of piperidine rings is 1. The molecule has 30 heavy (non-hydrogen) atoms. The fourth-order valence-corrected chi connectivity index (χ4v) is 4.05. The van der Waals surface area contributed by atoms with E-state index in [0.29, 0.717) is 45.1 Å². The molecule has 0 radical (unpaired) electrons. The largest absolute Gasteiger partial charge is 0.378 e. The third-order valence-electron chi connectivity index (χ3n) is 5.72. The third kappa shape index (κ3) is 4.16. The van der Waals surface area contributed by atoms with Crippen LogP contribution >= 0.6 is 0 Å². The second-order valence-corrected chi connectivity index (χ2v) is 7.80. The molecule has 3 aliphatic heterocycles. The highest BCUT2D eigenvalue weighted by molar-refractivity contribution is 6.39. The lowest BCUT2D eigenvalue weighted by atomic mass is 9.96. The van der Waals surface area contributed by atoms with Crippen LogP contribution in [0.15, 0.2) is 35.3 Å². The monoisotopic (exact) mass is 413 g/mol. The smallest absolute Gasteiger partial charge is 0.290 e. The first-order valence-electron chi connectivity index (χ1n) is 10.4. The molecule has 2 atom stereocenters. The lowest BCUT2D eigenvalue weighted by Gasteiger charge is -2.37. The summed E-state index contributed by atoms with van der Waals surface area (Å²) < 4.78 is 5.33. The number of hydrazine groups is 1. The predicted octanol–water partition coefficient (Wildman–Crippen LogP) is 0.422. The molecule has 4 rings (SSSR count). The van der Waals surface area contributed by atoms with E-state index in [1.165, 1.54) is 5.01 Å². The van der Waals surface area contributed by atoms with E-state index in [2.05, 4.69) is 10.4 Å². The van der Waals surface area contributed by atoms with E-state index in [1.807, 2.05) is 23.1 Å². The number of morpholine rings is 1. The number of aliphatic imine (C=N–C) groups is 1. The highest BCUT2D eigenvalue weighted by Gasteiger charge is 2.36. The average Bonchev–Trinajstić information content (AvgIpc) is 2.81. The summed E-state index contributed by atoms with van der Waals surface area (Å²) in [5.41, 5.74) is 3.53. The Morgan fingerprint density at radius 3 is 2.57 bits per heavy atom. The van der Waals surface area contributed by atoms with Crippen molar-refractivity contribution in [3.05, 3.63) is 30.3 Å². The normalized spacial score (nSPS) is 24.9. The minimum Gasteiger partial charge on any atom is -0.378 e. The van der Waals surface area contributed by atoms with Gasteiger partial charge >= 0.3 is 0 Å². The van der Waals surface area contributed by atoms with E-state index < -0.39 is 6.04 Å². The van der Waals surface area contributed by atoms with Crippen LogP contribution in [0.4, 0.5) is 5.69 Å². The molecule has 3 heterocycles. The average molecular weight is 413 g/mol. The molecule has 1 aromatic carbocycles. The molecule has 1 N–H and O–H groups in total. The molecule has 0 aromatic heterocycles. The van der Waals surface area contributed by atoms with Gasteiger partial charge in [-0.25, -0.2) is 10.0 Å². The van der Waals surface area contributed by atoms with E-state index in [9.17, 15) is 14.4 Å². The summed E-state index contributed by atoms with van der Waals surface area (Å²) in [6.45, 7) is 4.93. The Morgan fingerprint density at radius 2 is 1.83 bits per heavy atom. The van der Waals surface area contributed by atoms with Gasteiger partial charge in [0.1, 0.15) is 6.04 Å². The van der Waals surface area contributed by atoms with Gasteiger partial charge in [0, 0.05) is 26.2 Å². The Labute approximate surface area is 175 Å². The van der Waals surface area contributed by atoms with Gasteiger partial charge in [-0.05, 0) is 31.9 Å². The molecule has 1 aromatic rings. The molecule has 2 saturated heterocycles. The molecular weight excluding hydrogens is 386 g/mol. The van der Waals surface area contributed by atoms with Gasteiger partial charge in [-0.15, -0.1) is 0 Å². The summed E-state index contributed by atoms with van der Waals surface area (Å²) in [7, 11) is 0. The molecule has 3 aliphatic rings. The fraction of sp³-hybridized carbons (Fsp3) is 0.524. The molecule has 2 unspecified atom stereocenters. The van der Waals surface area contributed by atoms with Crippen LogP contribution in [0, 0.1) is 5.92 Å². The van der Waals surface area contributed by atoms with Crippen molar-refractivity contribution in [1.29, 1.82) is 0 Å². The zero-order chi connectivity index (χ0) is 21.1. The van der Waals surface area contributed by atoms with Crippen LogP contribution in [0.5, 0.6) is 0 Å². The number of nitrogens with zero attached hydrogens (tertiary/aromatic N) is 4. The van der Waals surface area contributed by atoms with Crippen molar-refractivity contribution >= 4 is 29.2 Å². The van der Waals surface area contributed by atoms with Gasteiger partial charge in [-0.1, -0.05) is 18.2 Å². The number of ether oxygens (including phenoxy) is 1. The minimum atomic E-state index is -0.666. The number of carbonyl (C=O) groups is 3. The van der Waals surface area contributed by atoms with Crippen LogP contribution in [0.2, 0.25) is 0 Å². The van der Waals surface area contributed by atoms with Gasteiger partial charge in [-0.2, -0.15) is 0 Å². The van der Waals surface area contributed by atoms with Crippen LogP contribution in [-0.4, -0.2) is 78.8 Å². The molecule has 3 amide bonds. The maximum Gasteiger partial charge on any atom is 0.290 e. The second-order valence-electron chi connectivity index (χ2n) is 7.80. The van der Waals surface area contributed by atoms with Crippen LogP contribution in [0.25, 0.3) is 0 Å². The molecule has 0 spiro atoms.